The Morgan fingerprint density at radius 1 is 1.29 bits per heavy atom. The van der Waals surface area contributed by atoms with Gasteiger partial charge in [-0.3, -0.25) is 0 Å². The van der Waals surface area contributed by atoms with Gasteiger partial charge in [0.05, 0.1) is 6.61 Å². The van der Waals surface area contributed by atoms with Crippen LogP contribution < -0.4 is 5.73 Å². The summed E-state index contributed by atoms with van der Waals surface area (Å²) in [6.45, 7) is 1.51. The first-order chi connectivity index (χ1) is 6.77. The Morgan fingerprint density at radius 2 is 2.00 bits per heavy atom. The third kappa shape index (κ3) is 2.16. The van der Waals surface area contributed by atoms with E-state index in [1.54, 1.807) is 0 Å². The third-order valence-corrected chi connectivity index (χ3v) is 3.23. The van der Waals surface area contributed by atoms with E-state index in [9.17, 15) is 0 Å². The van der Waals surface area contributed by atoms with Gasteiger partial charge in [0.2, 0.25) is 0 Å². The van der Waals surface area contributed by atoms with Crippen LogP contribution in [0.15, 0.2) is 28.7 Å². The van der Waals surface area contributed by atoms with E-state index in [-0.39, 0.29) is 6.04 Å². The van der Waals surface area contributed by atoms with E-state index in [0.717, 1.165) is 17.5 Å². The quantitative estimate of drug-likeness (QED) is 0.836. The molecule has 2 rings (SSSR count). The highest BCUT2D eigenvalue weighted by molar-refractivity contribution is 9.10. The highest BCUT2D eigenvalue weighted by atomic mass is 79.9. The van der Waals surface area contributed by atoms with Crippen LogP contribution in [-0.2, 0) is 4.74 Å². The lowest BCUT2D eigenvalue weighted by atomic mass is 9.88. The summed E-state index contributed by atoms with van der Waals surface area (Å²) in [6, 6.07) is 8.56. The fourth-order valence-corrected chi connectivity index (χ4v) is 2.15. The Labute approximate surface area is 92.6 Å². The molecule has 2 unspecified atom stereocenters. The molecule has 76 valence electrons. The molecule has 1 aromatic carbocycles. The second kappa shape index (κ2) is 4.43. The Bertz CT molecular complexity index is 299. The fourth-order valence-electron chi connectivity index (χ4n) is 1.88. The van der Waals surface area contributed by atoms with E-state index in [1.807, 2.05) is 0 Å². The average molecular weight is 256 g/mol. The highest BCUT2D eigenvalue weighted by Gasteiger charge is 2.23. The monoisotopic (exact) mass is 255 g/mol. The Balaban J connectivity index is 2.16. The van der Waals surface area contributed by atoms with Crippen molar-refractivity contribution in [2.24, 2.45) is 5.73 Å². The molecule has 2 nitrogen and oxygen atoms in total. The van der Waals surface area contributed by atoms with Gasteiger partial charge in [0.25, 0.3) is 0 Å². The zero-order chi connectivity index (χ0) is 9.97. The molecule has 0 aliphatic carbocycles. The van der Waals surface area contributed by atoms with Gasteiger partial charge in [0.15, 0.2) is 0 Å². The molecule has 0 saturated carbocycles. The van der Waals surface area contributed by atoms with Crippen molar-refractivity contribution < 1.29 is 4.74 Å². The first kappa shape index (κ1) is 10.1. The van der Waals surface area contributed by atoms with Crippen molar-refractivity contribution in [3.05, 3.63) is 34.3 Å². The molecule has 1 aliphatic rings. The molecule has 0 spiro atoms. The van der Waals surface area contributed by atoms with E-state index < -0.39 is 0 Å². The minimum Gasteiger partial charge on any atom is -0.380 e. The van der Waals surface area contributed by atoms with Crippen LogP contribution in [0.1, 0.15) is 17.9 Å². The van der Waals surface area contributed by atoms with Crippen LogP contribution in [0.2, 0.25) is 0 Å². The molecule has 14 heavy (non-hydrogen) atoms. The van der Waals surface area contributed by atoms with E-state index in [4.69, 9.17) is 10.5 Å². The number of hydrogen-bond acceptors (Lipinski definition) is 2. The van der Waals surface area contributed by atoms with Crippen molar-refractivity contribution >= 4 is 15.9 Å². The molecule has 1 fully saturated rings. The third-order valence-electron chi connectivity index (χ3n) is 2.70. The normalized spacial score (nSPS) is 27.6. The summed E-state index contributed by atoms with van der Waals surface area (Å²) >= 11 is 3.43. The molecule has 0 amide bonds. The average Bonchev–Trinajstić information content (AvgIpc) is 2.20. The van der Waals surface area contributed by atoms with Gasteiger partial charge < -0.3 is 10.5 Å². The summed E-state index contributed by atoms with van der Waals surface area (Å²) in [5.74, 6) is 0.455. The van der Waals surface area contributed by atoms with Crippen molar-refractivity contribution in [1.29, 1.82) is 0 Å². The molecule has 0 aromatic heterocycles. The van der Waals surface area contributed by atoms with Gasteiger partial charge in [0, 0.05) is 23.0 Å². The van der Waals surface area contributed by atoms with Gasteiger partial charge in [-0.25, -0.2) is 0 Å². The van der Waals surface area contributed by atoms with Gasteiger partial charge in [0.1, 0.15) is 0 Å². The molecule has 2 atom stereocenters. The molecule has 1 aromatic rings. The summed E-state index contributed by atoms with van der Waals surface area (Å²) in [6.07, 6.45) is 1.03. The maximum atomic E-state index is 6.01. The molecule has 1 aliphatic heterocycles. The molecular formula is C11H14BrNO. The lowest BCUT2D eigenvalue weighted by molar-refractivity contribution is 0.0696. The number of ether oxygens (including phenoxy) is 1. The molecule has 1 heterocycles. The van der Waals surface area contributed by atoms with Gasteiger partial charge >= 0.3 is 0 Å². The molecule has 1 saturated heterocycles. The maximum Gasteiger partial charge on any atom is 0.0623 e. The molecular weight excluding hydrogens is 242 g/mol. The van der Waals surface area contributed by atoms with Gasteiger partial charge in [-0.1, -0.05) is 28.1 Å². The lowest BCUT2D eigenvalue weighted by Crippen LogP contribution is -2.37. The fraction of sp³-hybridized carbons (Fsp3) is 0.455. The highest BCUT2D eigenvalue weighted by Crippen LogP contribution is 2.27. The Morgan fingerprint density at radius 3 is 2.64 bits per heavy atom. The Hall–Kier alpha value is -0.380. The van der Waals surface area contributed by atoms with Crippen LogP contribution in [-0.4, -0.2) is 19.3 Å². The first-order valence-corrected chi connectivity index (χ1v) is 5.65. The zero-order valence-electron chi connectivity index (χ0n) is 7.95. The predicted octanol–water partition coefficient (Wildman–Crippen LogP) is 2.28. The minimum atomic E-state index is 0.143. The number of nitrogens with two attached hydrogens (primary N) is 1. The summed E-state index contributed by atoms with van der Waals surface area (Å²) < 4.78 is 6.44. The van der Waals surface area contributed by atoms with Crippen molar-refractivity contribution in [2.75, 3.05) is 13.2 Å². The van der Waals surface area contributed by atoms with Crippen molar-refractivity contribution in [1.82, 2.24) is 0 Å². The van der Waals surface area contributed by atoms with Crippen LogP contribution in [0.4, 0.5) is 0 Å². The van der Waals surface area contributed by atoms with Gasteiger partial charge in [-0.15, -0.1) is 0 Å². The zero-order valence-corrected chi connectivity index (χ0v) is 9.53. The van der Waals surface area contributed by atoms with E-state index >= 15 is 0 Å². The molecule has 0 bridgehead atoms. The smallest absolute Gasteiger partial charge is 0.0623 e. The van der Waals surface area contributed by atoms with E-state index in [1.165, 1.54) is 5.56 Å². The van der Waals surface area contributed by atoms with Crippen LogP contribution in [0, 0.1) is 0 Å². The van der Waals surface area contributed by atoms with E-state index in [0.29, 0.717) is 12.5 Å². The molecule has 3 heteroatoms. The summed E-state index contributed by atoms with van der Waals surface area (Å²) in [5.41, 5.74) is 7.34. The first-order valence-electron chi connectivity index (χ1n) is 4.86. The van der Waals surface area contributed by atoms with Gasteiger partial charge in [-0.2, -0.15) is 0 Å². The minimum absolute atomic E-state index is 0.143. The largest absolute Gasteiger partial charge is 0.380 e. The van der Waals surface area contributed by atoms with Crippen LogP contribution in [0.25, 0.3) is 0 Å². The number of halogens is 1. The van der Waals surface area contributed by atoms with Crippen molar-refractivity contribution in [2.45, 2.75) is 18.4 Å². The summed E-state index contributed by atoms with van der Waals surface area (Å²) in [5, 5.41) is 0. The molecule has 0 radical (unpaired) electrons. The van der Waals surface area contributed by atoms with Gasteiger partial charge in [-0.05, 0) is 24.1 Å². The topological polar surface area (TPSA) is 35.2 Å². The number of rotatable bonds is 1. The lowest BCUT2D eigenvalue weighted by Gasteiger charge is -2.28. The summed E-state index contributed by atoms with van der Waals surface area (Å²) in [7, 11) is 0. The van der Waals surface area contributed by atoms with Crippen molar-refractivity contribution in [3.8, 4) is 0 Å². The van der Waals surface area contributed by atoms with E-state index in [2.05, 4.69) is 40.2 Å². The summed E-state index contributed by atoms with van der Waals surface area (Å²) in [4.78, 5) is 0. The van der Waals surface area contributed by atoms with Crippen molar-refractivity contribution in [3.63, 3.8) is 0 Å². The second-order valence-electron chi connectivity index (χ2n) is 3.69. The van der Waals surface area contributed by atoms with Crippen LogP contribution >= 0.6 is 15.9 Å². The Kier molecular flexibility index (Phi) is 3.21. The van der Waals surface area contributed by atoms with Crippen LogP contribution in [0.3, 0.4) is 0 Å². The standard InChI is InChI=1S/C11H14BrNO/c12-9-3-1-8(2-4-9)10-5-6-14-7-11(10)13/h1-4,10-11H,5-7,13H2. The number of hydrogen-bond donors (Lipinski definition) is 1. The van der Waals surface area contributed by atoms with Crippen LogP contribution in [0.5, 0.6) is 0 Å². The maximum absolute atomic E-state index is 6.01. The second-order valence-corrected chi connectivity index (χ2v) is 4.60. The SMILES string of the molecule is NC1COCCC1c1ccc(Br)cc1. The number of benzene rings is 1. The predicted molar refractivity (Wildman–Crippen MR) is 60.3 cm³/mol. The molecule has 2 N–H and O–H groups in total.